The van der Waals surface area contributed by atoms with Crippen LogP contribution in [0.2, 0.25) is 0 Å². The van der Waals surface area contributed by atoms with Gasteiger partial charge in [0.1, 0.15) is 12.4 Å². The third-order valence-corrected chi connectivity index (χ3v) is 9.89. The predicted octanol–water partition coefficient (Wildman–Crippen LogP) is 4.10. The minimum Gasteiger partial charge on any atom is -0.491 e. The summed E-state index contributed by atoms with van der Waals surface area (Å²) in [4.78, 5) is 33.5. The van der Waals surface area contributed by atoms with E-state index in [0.717, 1.165) is 89.2 Å². The average Bonchev–Trinajstić information content (AvgIpc) is 2.98. The van der Waals surface area contributed by atoms with Crippen molar-refractivity contribution in [1.29, 1.82) is 0 Å². The molecule has 216 valence electrons. The largest absolute Gasteiger partial charge is 0.491 e. The molecule has 0 bridgehead atoms. The van der Waals surface area contributed by atoms with Crippen LogP contribution in [-0.4, -0.2) is 92.0 Å². The summed E-state index contributed by atoms with van der Waals surface area (Å²) in [5.41, 5.74) is 0.947. The second-order valence-electron chi connectivity index (χ2n) is 12.5. The highest BCUT2D eigenvalue weighted by Crippen LogP contribution is 2.38. The van der Waals surface area contributed by atoms with Crippen molar-refractivity contribution >= 4 is 11.8 Å². The number of rotatable bonds is 5. The molecule has 7 heteroatoms. The number of nitrogens with one attached hydrogen (secondary N) is 1. The second-order valence-corrected chi connectivity index (χ2v) is 12.5. The van der Waals surface area contributed by atoms with Crippen LogP contribution < -0.4 is 10.1 Å². The molecule has 0 aliphatic carbocycles. The van der Waals surface area contributed by atoms with Crippen molar-refractivity contribution in [2.75, 3.05) is 65.5 Å². The zero-order valence-electron chi connectivity index (χ0n) is 24.0. The molecule has 7 nitrogen and oxygen atoms in total. The highest BCUT2D eigenvalue weighted by molar-refractivity contribution is 5.83. The van der Waals surface area contributed by atoms with Gasteiger partial charge in [-0.2, -0.15) is 0 Å². The molecule has 1 aromatic carbocycles. The third kappa shape index (κ3) is 7.75. The van der Waals surface area contributed by atoms with E-state index < -0.39 is 0 Å². The van der Waals surface area contributed by atoms with Gasteiger partial charge in [0.15, 0.2) is 0 Å². The molecule has 3 saturated heterocycles. The van der Waals surface area contributed by atoms with Crippen molar-refractivity contribution in [2.24, 2.45) is 11.3 Å². The first-order valence-corrected chi connectivity index (χ1v) is 15.8. The molecule has 0 atom stereocenters. The highest BCUT2D eigenvalue weighted by atomic mass is 16.5. The molecule has 0 aromatic heterocycles. The summed E-state index contributed by atoms with van der Waals surface area (Å²) in [5.74, 6) is 2.17. The Morgan fingerprint density at radius 2 is 1.67 bits per heavy atom. The Hall–Kier alpha value is -2.12. The van der Waals surface area contributed by atoms with E-state index in [0.29, 0.717) is 19.7 Å². The average molecular weight is 539 g/mol. The molecule has 4 aliphatic rings. The van der Waals surface area contributed by atoms with Crippen molar-refractivity contribution < 1.29 is 14.3 Å². The lowest BCUT2D eigenvalue weighted by atomic mass is 9.73. The molecule has 4 heterocycles. The molecule has 4 aliphatic heterocycles. The minimum absolute atomic E-state index is 0.178. The van der Waals surface area contributed by atoms with E-state index >= 15 is 0 Å². The van der Waals surface area contributed by atoms with Crippen molar-refractivity contribution in [3.05, 3.63) is 29.8 Å². The van der Waals surface area contributed by atoms with E-state index in [1.807, 2.05) is 12.1 Å². The maximum absolute atomic E-state index is 13.4. The molecule has 1 spiro atoms. The third-order valence-electron chi connectivity index (χ3n) is 9.89. The lowest BCUT2D eigenvalue weighted by molar-refractivity contribution is -0.137. The molecule has 3 fully saturated rings. The van der Waals surface area contributed by atoms with E-state index in [-0.39, 0.29) is 17.2 Å². The van der Waals surface area contributed by atoms with Gasteiger partial charge >= 0.3 is 0 Å². The van der Waals surface area contributed by atoms with Crippen molar-refractivity contribution in [3.63, 3.8) is 0 Å². The first kappa shape index (κ1) is 28.4. The number of carbonyl (C=O) groups is 2. The molecular formula is C32H50N4O3. The lowest BCUT2D eigenvalue weighted by Crippen LogP contribution is -2.52. The number of carbonyl (C=O) groups excluding carboxylic acids is 2. The van der Waals surface area contributed by atoms with Gasteiger partial charge < -0.3 is 19.9 Å². The number of ether oxygens (including phenoxy) is 1. The van der Waals surface area contributed by atoms with Gasteiger partial charge in [0.25, 0.3) is 0 Å². The number of fused-ring (bicyclic) bond motifs is 1. The van der Waals surface area contributed by atoms with Crippen molar-refractivity contribution in [2.45, 2.75) is 77.0 Å². The first-order valence-electron chi connectivity index (χ1n) is 15.8. The summed E-state index contributed by atoms with van der Waals surface area (Å²) >= 11 is 0. The number of piperidine rings is 3. The SMILES string of the molecule is O=C(CN1CCC2(CCCCc3ccccc3OCCNC2=O)CC1)N1CCC(CCN2CCCCC2)CC1. The van der Waals surface area contributed by atoms with Gasteiger partial charge in [-0.15, -0.1) is 0 Å². The predicted molar refractivity (Wildman–Crippen MR) is 155 cm³/mol. The Balaban J connectivity index is 1.05. The van der Waals surface area contributed by atoms with Crippen LogP contribution in [0.4, 0.5) is 0 Å². The van der Waals surface area contributed by atoms with Crippen LogP contribution in [-0.2, 0) is 16.0 Å². The molecule has 1 aromatic rings. The summed E-state index contributed by atoms with van der Waals surface area (Å²) in [6, 6.07) is 8.27. The van der Waals surface area contributed by atoms with E-state index in [2.05, 4.69) is 32.1 Å². The quantitative estimate of drug-likeness (QED) is 0.612. The lowest BCUT2D eigenvalue weighted by Gasteiger charge is -2.41. The standard InChI is InChI=1S/C32H50N4O3/c37-30(36-21-12-27(13-22-36)11-20-34-18-6-1-7-19-34)26-35-23-15-32(16-24-35)14-5-4-9-28-8-2-3-10-29(28)39-25-17-33-31(32)38/h2-3,8,10,27H,1,4-7,9,11-26H2,(H,33,38). The maximum Gasteiger partial charge on any atom is 0.236 e. The molecule has 0 saturated carbocycles. The Labute approximate surface area is 235 Å². The zero-order chi connectivity index (χ0) is 26.9. The summed E-state index contributed by atoms with van der Waals surface area (Å²) in [6.45, 7) is 8.79. The maximum atomic E-state index is 13.4. The summed E-state index contributed by atoms with van der Waals surface area (Å²) in [7, 11) is 0. The van der Waals surface area contributed by atoms with Gasteiger partial charge in [-0.1, -0.05) is 31.0 Å². The number of amides is 2. The summed E-state index contributed by atoms with van der Waals surface area (Å²) < 4.78 is 5.98. The van der Waals surface area contributed by atoms with Gasteiger partial charge in [-0.3, -0.25) is 14.5 Å². The summed E-state index contributed by atoms with van der Waals surface area (Å²) in [6.07, 6.45) is 13.4. The topological polar surface area (TPSA) is 65.1 Å². The van der Waals surface area contributed by atoms with Crippen LogP contribution in [0.5, 0.6) is 5.75 Å². The van der Waals surface area contributed by atoms with Gasteiger partial charge in [0.2, 0.25) is 11.8 Å². The number of likely N-dealkylation sites (tertiary alicyclic amines) is 3. The fourth-order valence-corrected chi connectivity index (χ4v) is 7.18. The van der Waals surface area contributed by atoms with Crippen molar-refractivity contribution in [1.82, 2.24) is 20.0 Å². The van der Waals surface area contributed by atoms with Crippen LogP contribution in [0.15, 0.2) is 24.3 Å². The number of aryl methyl sites for hydroxylation is 1. The number of para-hydroxylation sites is 1. The fraction of sp³-hybridized carbons (Fsp3) is 0.750. The summed E-state index contributed by atoms with van der Waals surface area (Å²) in [5, 5.41) is 3.17. The first-order chi connectivity index (χ1) is 19.1. The van der Waals surface area contributed by atoms with Gasteiger partial charge in [-0.05, 0) is 114 Å². The minimum atomic E-state index is -0.315. The second kappa shape index (κ2) is 14.0. The van der Waals surface area contributed by atoms with E-state index in [4.69, 9.17) is 4.74 Å². The molecule has 1 N–H and O–H groups in total. The number of hydrogen-bond acceptors (Lipinski definition) is 5. The highest BCUT2D eigenvalue weighted by Gasteiger charge is 2.41. The number of nitrogens with zero attached hydrogens (tertiary/aromatic N) is 3. The van der Waals surface area contributed by atoms with Gasteiger partial charge in [0.05, 0.1) is 18.5 Å². The Bertz CT molecular complexity index is 931. The zero-order valence-corrected chi connectivity index (χ0v) is 24.0. The normalized spacial score (nSPS) is 24.2. The van der Waals surface area contributed by atoms with E-state index in [9.17, 15) is 9.59 Å². The fourth-order valence-electron chi connectivity index (χ4n) is 7.18. The van der Waals surface area contributed by atoms with Crippen LogP contribution >= 0.6 is 0 Å². The smallest absolute Gasteiger partial charge is 0.236 e. The molecule has 39 heavy (non-hydrogen) atoms. The number of hydrogen-bond donors (Lipinski definition) is 1. The Morgan fingerprint density at radius 3 is 2.46 bits per heavy atom. The Kier molecular flexibility index (Phi) is 10.2. The van der Waals surface area contributed by atoms with Gasteiger partial charge in [-0.25, -0.2) is 0 Å². The number of benzene rings is 1. The molecule has 0 radical (unpaired) electrons. The van der Waals surface area contributed by atoms with Crippen LogP contribution in [0.3, 0.4) is 0 Å². The monoisotopic (exact) mass is 538 g/mol. The Morgan fingerprint density at radius 1 is 0.897 bits per heavy atom. The molecule has 2 amide bonds. The molecule has 0 unspecified atom stereocenters. The van der Waals surface area contributed by atoms with Crippen LogP contribution in [0, 0.1) is 11.3 Å². The van der Waals surface area contributed by atoms with Gasteiger partial charge in [0, 0.05) is 13.1 Å². The van der Waals surface area contributed by atoms with Crippen LogP contribution in [0.25, 0.3) is 0 Å². The van der Waals surface area contributed by atoms with Crippen LogP contribution in [0.1, 0.15) is 76.2 Å². The van der Waals surface area contributed by atoms with Crippen molar-refractivity contribution in [3.8, 4) is 5.75 Å². The molecule has 5 rings (SSSR count). The molecular weight excluding hydrogens is 488 g/mol. The van der Waals surface area contributed by atoms with E-state index in [1.165, 1.54) is 50.9 Å². The van der Waals surface area contributed by atoms with E-state index in [1.54, 1.807) is 0 Å².